The fourth-order valence-electron chi connectivity index (χ4n) is 2.81. The molecule has 0 unspecified atom stereocenters. The van der Waals surface area contributed by atoms with Crippen LogP contribution in [-0.2, 0) is 0 Å². The molecule has 0 saturated carbocycles. The van der Waals surface area contributed by atoms with Gasteiger partial charge in [0, 0.05) is 0 Å². The van der Waals surface area contributed by atoms with Crippen LogP contribution in [0.5, 0.6) is 17.2 Å². The first-order chi connectivity index (χ1) is 11.8. The van der Waals surface area contributed by atoms with E-state index in [1.807, 2.05) is 12.1 Å². The molecule has 0 heterocycles. The normalized spacial score (nSPS) is 11.0. The Morgan fingerprint density at radius 1 is 0.750 bits per heavy atom. The van der Waals surface area contributed by atoms with E-state index in [0.717, 1.165) is 12.0 Å². The van der Waals surface area contributed by atoms with Gasteiger partial charge in [-0.2, -0.15) is 0 Å². The van der Waals surface area contributed by atoms with Crippen LogP contribution in [0.25, 0.3) is 6.08 Å². The molecular weight excluding hydrogens is 300 g/mol. The number of ether oxygens (including phenoxy) is 3. The molecule has 0 aliphatic heterocycles. The van der Waals surface area contributed by atoms with Gasteiger partial charge in [0.2, 0.25) is 5.75 Å². The summed E-state index contributed by atoms with van der Waals surface area (Å²) in [5, 5.41) is 0. The molecule has 136 valence electrons. The van der Waals surface area contributed by atoms with Gasteiger partial charge in [0.1, 0.15) is 0 Å². The Kier molecular flexibility index (Phi) is 10.8. The summed E-state index contributed by atoms with van der Waals surface area (Å²) in [5.41, 5.74) is 1.07. The van der Waals surface area contributed by atoms with Crippen molar-refractivity contribution in [3.05, 3.63) is 23.8 Å². The second-order valence-corrected chi connectivity index (χ2v) is 6.12. The van der Waals surface area contributed by atoms with Crippen molar-refractivity contribution < 1.29 is 14.2 Å². The summed E-state index contributed by atoms with van der Waals surface area (Å²) in [6.07, 6.45) is 16.3. The van der Waals surface area contributed by atoms with Crippen LogP contribution in [0, 0.1) is 0 Å². The molecule has 0 aliphatic rings. The Morgan fingerprint density at radius 3 is 1.79 bits per heavy atom. The van der Waals surface area contributed by atoms with E-state index in [4.69, 9.17) is 14.2 Å². The molecule has 3 heteroatoms. The molecule has 24 heavy (non-hydrogen) atoms. The lowest BCUT2D eigenvalue weighted by molar-refractivity contribution is 0.324. The number of rotatable bonds is 13. The average molecular weight is 335 g/mol. The lowest BCUT2D eigenvalue weighted by Gasteiger charge is -2.12. The van der Waals surface area contributed by atoms with E-state index in [1.165, 1.54) is 51.4 Å². The second kappa shape index (κ2) is 12.7. The molecule has 0 fully saturated rings. The molecule has 1 aromatic rings. The maximum Gasteiger partial charge on any atom is 0.203 e. The summed E-state index contributed by atoms with van der Waals surface area (Å²) in [7, 11) is 4.91. The Balaban J connectivity index is 2.37. The zero-order chi connectivity index (χ0) is 17.6. The number of hydrogen-bond donors (Lipinski definition) is 0. The maximum atomic E-state index is 5.38. The molecule has 0 amide bonds. The van der Waals surface area contributed by atoms with Crippen LogP contribution in [0.2, 0.25) is 0 Å². The van der Waals surface area contributed by atoms with Crippen LogP contribution >= 0.6 is 0 Å². The van der Waals surface area contributed by atoms with E-state index in [-0.39, 0.29) is 0 Å². The highest BCUT2D eigenvalue weighted by molar-refractivity contribution is 5.62. The summed E-state index contributed by atoms with van der Waals surface area (Å²) < 4.78 is 16.1. The highest BCUT2D eigenvalue weighted by atomic mass is 16.5. The minimum Gasteiger partial charge on any atom is -0.493 e. The van der Waals surface area contributed by atoms with Crippen LogP contribution in [-0.4, -0.2) is 21.3 Å². The van der Waals surface area contributed by atoms with Crippen molar-refractivity contribution in [1.29, 1.82) is 0 Å². The lowest BCUT2D eigenvalue weighted by atomic mass is 10.1. The molecule has 0 atom stereocenters. The van der Waals surface area contributed by atoms with Gasteiger partial charge in [0.05, 0.1) is 21.3 Å². The van der Waals surface area contributed by atoms with Crippen molar-refractivity contribution in [3.8, 4) is 17.2 Å². The number of unbranched alkanes of at least 4 members (excludes halogenated alkanes) is 8. The summed E-state index contributed by atoms with van der Waals surface area (Å²) in [6.45, 7) is 2.26. The SMILES string of the molecule is CCCCCCCCCCC=Cc1cc(OC)c(OC)c(OC)c1. The van der Waals surface area contributed by atoms with Crippen LogP contribution in [0.3, 0.4) is 0 Å². The average Bonchev–Trinajstić information content (AvgIpc) is 2.62. The van der Waals surface area contributed by atoms with E-state index >= 15 is 0 Å². The van der Waals surface area contributed by atoms with Crippen molar-refractivity contribution in [2.24, 2.45) is 0 Å². The van der Waals surface area contributed by atoms with Gasteiger partial charge in [-0.3, -0.25) is 0 Å². The van der Waals surface area contributed by atoms with E-state index in [9.17, 15) is 0 Å². The minimum atomic E-state index is 0.639. The number of methoxy groups -OCH3 is 3. The van der Waals surface area contributed by atoms with Gasteiger partial charge in [-0.1, -0.05) is 64.0 Å². The Bertz CT molecular complexity index is 455. The Morgan fingerprint density at radius 2 is 1.29 bits per heavy atom. The standard InChI is InChI=1S/C21H34O3/c1-5-6-7-8-9-10-11-12-13-14-15-18-16-19(22-2)21(24-4)20(17-18)23-3/h14-17H,5-13H2,1-4H3. The van der Waals surface area contributed by atoms with Gasteiger partial charge in [-0.15, -0.1) is 0 Å². The monoisotopic (exact) mass is 334 g/mol. The first-order valence-electron chi connectivity index (χ1n) is 9.23. The van der Waals surface area contributed by atoms with Crippen LogP contribution < -0.4 is 14.2 Å². The third-order valence-corrected chi connectivity index (χ3v) is 4.22. The molecule has 0 aromatic heterocycles. The molecule has 0 N–H and O–H groups in total. The predicted octanol–water partition coefficient (Wildman–Crippen LogP) is 6.26. The van der Waals surface area contributed by atoms with E-state index < -0.39 is 0 Å². The zero-order valence-corrected chi connectivity index (χ0v) is 15.9. The van der Waals surface area contributed by atoms with Crippen LogP contribution in [0.15, 0.2) is 18.2 Å². The predicted molar refractivity (Wildman–Crippen MR) is 102 cm³/mol. The topological polar surface area (TPSA) is 27.7 Å². The first kappa shape index (κ1) is 20.4. The van der Waals surface area contributed by atoms with Gasteiger partial charge < -0.3 is 14.2 Å². The molecular formula is C21H34O3. The fraction of sp³-hybridized carbons (Fsp3) is 0.619. The molecule has 1 aromatic carbocycles. The van der Waals surface area contributed by atoms with Gasteiger partial charge in [-0.05, 0) is 30.5 Å². The van der Waals surface area contributed by atoms with Gasteiger partial charge >= 0.3 is 0 Å². The Hall–Kier alpha value is -1.64. The minimum absolute atomic E-state index is 0.639. The third-order valence-electron chi connectivity index (χ3n) is 4.22. The third kappa shape index (κ3) is 7.29. The number of hydrogen-bond acceptors (Lipinski definition) is 3. The second-order valence-electron chi connectivity index (χ2n) is 6.12. The summed E-state index contributed by atoms with van der Waals surface area (Å²) >= 11 is 0. The molecule has 0 saturated heterocycles. The van der Waals surface area contributed by atoms with Crippen LogP contribution in [0.4, 0.5) is 0 Å². The van der Waals surface area contributed by atoms with Crippen molar-refractivity contribution in [2.75, 3.05) is 21.3 Å². The van der Waals surface area contributed by atoms with Gasteiger partial charge in [0.25, 0.3) is 0 Å². The smallest absolute Gasteiger partial charge is 0.203 e. The van der Waals surface area contributed by atoms with Crippen molar-refractivity contribution in [1.82, 2.24) is 0 Å². The highest BCUT2D eigenvalue weighted by Crippen LogP contribution is 2.38. The van der Waals surface area contributed by atoms with Crippen molar-refractivity contribution in [3.63, 3.8) is 0 Å². The van der Waals surface area contributed by atoms with Gasteiger partial charge in [0.15, 0.2) is 11.5 Å². The van der Waals surface area contributed by atoms with E-state index in [0.29, 0.717) is 17.2 Å². The highest BCUT2D eigenvalue weighted by Gasteiger charge is 2.11. The summed E-state index contributed by atoms with van der Waals surface area (Å²) in [4.78, 5) is 0. The number of benzene rings is 1. The van der Waals surface area contributed by atoms with Gasteiger partial charge in [-0.25, -0.2) is 0 Å². The zero-order valence-electron chi connectivity index (χ0n) is 15.9. The maximum absolute atomic E-state index is 5.38. The van der Waals surface area contributed by atoms with E-state index in [1.54, 1.807) is 21.3 Å². The van der Waals surface area contributed by atoms with E-state index in [2.05, 4.69) is 19.1 Å². The van der Waals surface area contributed by atoms with Crippen molar-refractivity contribution >= 4 is 6.08 Å². The van der Waals surface area contributed by atoms with Crippen molar-refractivity contribution in [2.45, 2.75) is 64.7 Å². The first-order valence-corrected chi connectivity index (χ1v) is 9.23. The van der Waals surface area contributed by atoms with Crippen LogP contribution in [0.1, 0.15) is 70.3 Å². The number of allylic oxidation sites excluding steroid dienone is 1. The molecule has 3 nitrogen and oxygen atoms in total. The quantitative estimate of drug-likeness (QED) is 0.399. The Labute approximate surface area is 148 Å². The molecule has 1 rings (SSSR count). The summed E-state index contributed by atoms with van der Waals surface area (Å²) in [6, 6.07) is 3.96. The fourth-order valence-corrected chi connectivity index (χ4v) is 2.81. The molecule has 0 radical (unpaired) electrons. The lowest BCUT2D eigenvalue weighted by Crippen LogP contribution is -1.95. The summed E-state index contributed by atoms with van der Waals surface area (Å²) in [5.74, 6) is 2.03. The molecule has 0 spiro atoms. The largest absolute Gasteiger partial charge is 0.493 e. The molecule has 0 bridgehead atoms. The molecule has 0 aliphatic carbocycles.